The molecule has 0 bridgehead atoms. The molecule has 0 radical (unpaired) electrons. The van der Waals surface area contributed by atoms with E-state index in [-0.39, 0.29) is 0 Å². The fraction of sp³-hybridized carbons (Fsp3) is 0.500. The predicted octanol–water partition coefficient (Wildman–Crippen LogP) is 9.03. The third-order valence-corrected chi connectivity index (χ3v) is 6.98. The van der Waals surface area contributed by atoms with E-state index < -0.39 is 0 Å². The summed E-state index contributed by atoms with van der Waals surface area (Å²) in [5.74, 6) is 7.99. The Balaban J connectivity index is 1.40. The van der Waals surface area contributed by atoms with Crippen molar-refractivity contribution in [3.8, 4) is 11.8 Å². The molecule has 0 N–H and O–H groups in total. The highest BCUT2D eigenvalue weighted by Gasteiger charge is 2.20. The van der Waals surface area contributed by atoms with Gasteiger partial charge in [0.2, 0.25) is 0 Å². The molecule has 0 amide bonds. The highest BCUT2D eigenvalue weighted by Crippen LogP contribution is 2.36. The van der Waals surface area contributed by atoms with E-state index in [4.69, 9.17) is 0 Å². The van der Waals surface area contributed by atoms with Crippen molar-refractivity contribution in [1.29, 1.82) is 0 Å². The summed E-state index contributed by atoms with van der Waals surface area (Å²) in [6.45, 7) is 4.53. The van der Waals surface area contributed by atoms with Gasteiger partial charge in [-0.15, -0.1) is 0 Å². The SMILES string of the molecule is CCCCCc1ccc(C#CC=C[C@H]2CC[C@H](c3ccc(CCCCC)cc3)CC2)cc1. The molecule has 1 fully saturated rings. The summed E-state index contributed by atoms with van der Waals surface area (Å²) < 4.78 is 0. The molecule has 1 aliphatic rings. The fourth-order valence-corrected chi connectivity index (χ4v) is 4.82. The van der Waals surface area contributed by atoms with Gasteiger partial charge in [0.05, 0.1) is 0 Å². The first-order valence-electron chi connectivity index (χ1n) is 13.1. The van der Waals surface area contributed by atoms with Crippen molar-refractivity contribution in [2.24, 2.45) is 5.92 Å². The van der Waals surface area contributed by atoms with Crippen LogP contribution >= 0.6 is 0 Å². The van der Waals surface area contributed by atoms with Gasteiger partial charge >= 0.3 is 0 Å². The van der Waals surface area contributed by atoms with E-state index in [0.29, 0.717) is 5.92 Å². The standard InChI is InChI=1S/C32H42/c1-3-5-7-11-27-15-17-28(18-16-27)13-9-10-14-30-21-25-32(26-22-30)31-23-19-29(20-24-31)12-8-6-4-2/h10,14-20,23-24,30,32H,3-8,11-12,21-22,25-26H2,1-2H3/t30-,32-. The molecule has 3 rings (SSSR count). The van der Waals surface area contributed by atoms with Crippen molar-refractivity contribution in [3.05, 3.63) is 82.9 Å². The number of rotatable bonds is 10. The number of benzene rings is 2. The van der Waals surface area contributed by atoms with Gasteiger partial charge in [-0.05, 0) is 98.1 Å². The summed E-state index contributed by atoms with van der Waals surface area (Å²) in [6, 6.07) is 18.3. The zero-order valence-corrected chi connectivity index (χ0v) is 20.4. The van der Waals surface area contributed by atoms with Crippen LogP contribution in [0.4, 0.5) is 0 Å². The average molecular weight is 427 g/mol. The first-order valence-corrected chi connectivity index (χ1v) is 13.1. The Bertz CT molecular complexity index is 849. The van der Waals surface area contributed by atoms with Crippen molar-refractivity contribution in [1.82, 2.24) is 0 Å². The van der Waals surface area contributed by atoms with Crippen molar-refractivity contribution in [3.63, 3.8) is 0 Å². The van der Waals surface area contributed by atoms with Crippen molar-refractivity contribution >= 4 is 0 Å². The van der Waals surface area contributed by atoms with Crippen LogP contribution in [0.5, 0.6) is 0 Å². The normalized spacial score (nSPS) is 18.4. The van der Waals surface area contributed by atoms with Gasteiger partial charge in [0.25, 0.3) is 0 Å². The molecular weight excluding hydrogens is 384 g/mol. The van der Waals surface area contributed by atoms with Gasteiger partial charge in [-0.3, -0.25) is 0 Å². The minimum absolute atomic E-state index is 0.690. The van der Waals surface area contributed by atoms with Crippen molar-refractivity contribution < 1.29 is 0 Å². The van der Waals surface area contributed by atoms with Gasteiger partial charge in [0.15, 0.2) is 0 Å². The lowest BCUT2D eigenvalue weighted by molar-refractivity contribution is 0.376. The number of hydrogen-bond donors (Lipinski definition) is 0. The van der Waals surface area contributed by atoms with E-state index in [0.717, 1.165) is 11.5 Å². The summed E-state index contributed by atoms with van der Waals surface area (Å²) in [5, 5.41) is 0. The van der Waals surface area contributed by atoms with Gasteiger partial charge in [0, 0.05) is 5.56 Å². The number of hydrogen-bond acceptors (Lipinski definition) is 0. The Morgan fingerprint density at radius 2 is 1.28 bits per heavy atom. The molecule has 1 aliphatic carbocycles. The maximum Gasteiger partial charge on any atom is 0.0249 e. The van der Waals surface area contributed by atoms with Gasteiger partial charge in [0.1, 0.15) is 0 Å². The Kier molecular flexibility index (Phi) is 10.7. The van der Waals surface area contributed by atoms with Crippen LogP contribution < -0.4 is 0 Å². The van der Waals surface area contributed by atoms with E-state index in [2.05, 4.69) is 86.4 Å². The summed E-state index contributed by atoms with van der Waals surface area (Å²) >= 11 is 0. The Labute approximate surface area is 197 Å². The van der Waals surface area contributed by atoms with E-state index in [1.54, 1.807) is 5.56 Å². The molecule has 0 nitrogen and oxygen atoms in total. The fourth-order valence-electron chi connectivity index (χ4n) is 4.82. The topological polar surface area (TPSA) is 0 Å². The molecule has 170 valence electrons. The Morgan fingerprint density at radius 1 is 0.719 bits per heavy atom. The van der Waals surface area contributed by atoms with E-state index in [1.807, 2.05) is 0 Å². The van der Waals surface area contributed by atoms with Crippen molar-refractivity contribution in [2.45, 2.75) is 96.8 Å². The van der Waals surface area contributed by atoms with Crippen LogP contribution in [0, 0.1) is 17.8 Å². The molecule has 2 aromatic carbocycles. The smallest absolute Gasteiger partial charge is 0.0249 e. The third-order valence-electron chi connectivity index (χ3n) is 6.98. The first-order chi connectivity index (χ1) is 15.8. The van der Waals surface area contributed by atoms with E-state index >= 15 is 0 Å². The monoisotopic (exact) mass is 426 g/mol. The van der Waals surface area contributed by atoms with Gasteiger partial charge in [-0.25, -0.2) is 0 Å². The molecule has 0 unspecified atom stereocenters. The minimum Gasteiger partial charge on any atom is -0.0730 e. The lowest BCUT2D eigenvalue weighted by Crippen LogP contribution is -2.11. The van der Waals surface area contributed by atoms with Crippen LogP contribution in [0.25, 0.3) is 0 Å². The molecule has 0 aromatic heterocycles. The molecule has 0 spiro atoms. The number of unbranched alkanes of at least 4 members (excludes halogenated alkanes) is 4. The second-order valence-electron chi connectivity index (χ2n) is 9.59. The second-order valence-corrected chi connectivity index (χ2v) is 9.59. The second kappa shape index (κ2) is 14.0. The quantitative estimate of drug-likeness (QED) is 0.262. The van der Waals surface area contributed by atoms with Crippen LogP contribution in [0.1, 0.15) is 106 Å². The third kappa shape index (κ3) is 8.35. The van der Waals surface area contributed by atoms with E-state index in [1.165, 1.54) is 88.2 Å². The zero-order chi connectivity index (χ0) is 22.4. The van der Waals surface area contributed by atoms with Crippen LogP contribution in [-0.2, 0) is 12.8 Å². The molecule has 0 saturated heterocycles. The summed E-state index contributed by atoms with van der Waals surface area (Å²) in [6.07, 6.45) is 19.9. The Hall–Kier alpha value is -2.26. The van der Waals surface area contributed by atoms with Crippen LogP contribution in [0.15, 0.2) is 60.7 Å². The zero-order valence-electron chi connectivity index (χ0n) is 20.4. The first kappa shape index (κ1) is 24.4. The average Bonchev–Trinajstić information content (AvgIpc) is 2.84. The van der Waals surface area contributed by atoms with Crippen LogP contribution in [0.2, 0.25) is 0 Å². The molecule has 1 saturated carbocycles. The summed E-state index contributed by atoms with van der Waals surface area (Å²) in [4.78, 5) is 0. The van der Waals surface area contributed by atoms with Gasteiger partial charge in [-0.1, -0.05) is 93.8 Å². The molecule has 0 atom stereocenters. The number of allylic oxidation sites excluding steroid dienone is 2. The summed E-state index contributed by atoms with van der Waals surface area (Å²) in [7, 11) is 0. The minimum atomic E-state index is 0.690. The van der Waals surface area contributed by atoms with E-state index in [9.17, 15) is 0 Å². The van der Waals surface area contributed by atoms with Gasteiger partial charge < -0.3 is 0 Å². The molecule has 32 heavy (non-hydrogen) atoms. The Morgan fingerprint density at radius 3 is 1.84 bits per heavy atom. The van der Waals surface area contributed by atoms with Crippen LogP contribution in [0.3, 0.4) is 0 Å². The lowest BCUT2D eigenvalue weighted by Gasteiger charge is -2.27. The highest BCUT2D eigenvalue weighted by molar-refractivity contribution is 5.38. The molecule has 0 aliphatic heterocycles. The number of aryl methyl sites for hydroxylation is 2. The maximum absolute atomic E-state index is 3.30. The maximum atomic E-state index is 3.30. The van der Waals surface area contributed by atoms with Crippen molar-refractivity contribution in [2.75, 3.05) is 0 Å². The summed E-state index contributed by atoms with van der Waals surface area (Å²) in [5.41, 5.74) is 5.60. The van der Waals surface area contributed by atoms with Gasteiger partial charge in [-0.2, -0.15) is 0 Å². The molecule has 0 heteroatoms. The molecule has 2 aromatic rings. The molecule has 0 heterocycles. The lowest BCUT2D eigenvalue weighted by atomic mass is 9.78. The largest absolute Gasteiger partial charge is 0.0730 e. The molecular formula is C32H42. The predicted molar refractivity (Wildman–Crippen MR) is 140 cm³/mol. The highest BCUT2D eigenvalue weighted by atomic mass is 14.3. The van der Waals surface area contributed by atoms with Crippen LogP contribution in [-0.4, -0.2) is 0 Å².